The summed E-state index contributed by atoms with van der Waals surface area (Å²) < 4.78 is 36.3. The highest BCUT2D eigenvalue weighted by molar-refractivity contribution is 7.88. The summed E-state index contributed by atoms with van der Waals surface area (Å²) in [5.74, 6) is 0.580. The maximum absolute atomic E-state index is 11.6. The minimum atomic E-state index is -3.14. The number of sulfonamides is 1. The van der Waals surface area contributed by atoms with Crippen molar-refractivity contribution in [2.45, 2.75) is 24.5 Å². The summed E-state index contributed by atoms with van der Waals surface area (Å²) in [6, 6.07) is 5.51. The molecule has 2 saturated heterocycles. The van der Waals surface area contributed by atoms with Crippen molar-refractivity contribution in [2.75, 3.05) is 26.0 Å². The van der Waals surface area contributed by atoms with Crippen LogP contribution in [0.5, 0.6) is 5.88 Å². The van der Waals surface area contributed by atoms with Crippen molar-refractivity contribution in [3.05, 3.63) is 24.4 Å². The molecule has 1 aromatic rings. The maximum atomic E-state index is 11.6. The first-order chi connectivity index (χ1) is 9.47. The number of nitrogens with zero attached hydrogens (tertiary/aromatic N) is 2. The molecule has 3 rings (SSSR count). The fraction of sp³-hybridized carbons (Fsp3) is 0.615. The number of ether oxygens (including phenoxy) is 2. The molecule has 110 valence electrons. The molecule has 0 unspecified atom stereocenters. The van der Waals surface area contributed by atoms with Crippen LogP contribution in [0, 0.1) is 0 Å². The molecule has 0 saturated carbocycles. The number of hydrogen-bond donors (Lipinski definition) is 0. The normalized spacial score (nSPS) is 30.9. The monoisotopic (exact) mass is 298 g/mol. The SMILES string of the molecule is CS(=O)(=O)N1CC[C@]2(C[C@@H](Oc3ccccn3)CO2)C1. The lowest BCUT2D eigenvalue weighted by molar-refractivity contribution is 0.0142. The van der Waals surface area contributed by atoms with Gasteiger partial charge in [0.1, 0.15) is 6.10 Å². The molecule has 7 heteroatoms. The predicted molar refractivity (Wildman–Crippen MR) is 73.0 cm³/mol. The van der Waals surface area contributed by atoms with E-state index in [-0.39, 0.29) is 11.7 Å². The molecular formula is C13H18N2O4S. The van der Waals surface area contributed by atoms with Gasteiger partial charge in [-0.3, -0.25) is 0 Å². The molecule has 3 heterocycles. The first-order valence-electron chi connectivity index (χ1n) is 6.64. The number of aromatic nitrogens is 1. The van der Waals surface area contributed by atoms with Gasteiger partial charge in [-0.25, -0.2) is 13.4 Å². The molecule has 1 aromatic heterocycles. The van der Waals surface area contributed by atoms with Crippen molar-refractivity contribution in [1.29, 1.82) is 0 Å². The first kappa shape index (κ1) is 13.8. The van der Waals surface area contributed by atoms with Gasteiger partial charge < -0.3 is 9.47 Å². The average Bonchev–Trinajstić information content (AvgIpc) is 2.99. The Bertz CT molecular complexity index is 577. The van der Waals surface area contributed by atoms with E-state index in [1.54, 1.807) is 6.20 Å². The van der Waals surface area contributed by atoms with E-state index < -0.39 is 10.0 Å². The van der Waals surface area contributed by atoms with Crippen LogP contribution in [0.25, 0.3) is 0 Å². The van der Waals surface area contributed by atoms with E-state index >= 15 is 0 Å². The Labute approximate surface area is 118 Å². The zero-order chi connectivity index (χ0) is 14.2. The Hall–Kier alpha value is -1.18. The molecule has 1 spiro atoms. The highest BCUT2D eigenvalue weighted by atomic mass is 32.2. The van der Waals surface area contributed by atoms with Gasteiger partial charge in [-0.15, -0.1) is 0 Å². The molecule has 2 aliphatic rings. The molecule has 0 radical (unpaired) electrons. The molecular weight excluding hydrogens is 280 g/mol. The average molecular weight is 298 g/mol. The lowest BCUT2D eigenvalue weighted by Crippen LogP contribution is -2.35. The Balaban J connectivity index is 1.63. The minimum Gasteiger partial charge on any atom is -0.472 e. The topological polar surface area (TPSA) is 68.7 Å². The third kappa shape index (κ3) is 2.79. The minimum absolute atomic E-state index is 0.0654. The molecule has 20 heavy (non-hydrogen) atoms. The lowest BCUT2D eigenvalue weighted by Gasteiger charge is -2.22. The van der Waals surface area contributed by atoms with Gasteiger partial charge in [-0.05, 0) is 12.5 Å². The molecule has 0 aliphatic carbocycles. The standard InChI is InChI=1S/C13H18N2O4S/c1-20(16,17)15-7-5-13(10-15)8-11(9-18-13)19-12-4-2-3-6-14-12/h2-4,6,11H,5,7-10H2,1H3/t11-,13+/m1/s1. The summed E-state index contributed by atoms with van der Waals surface area (Å²) in [4.78, 5) is 4.13. The van der Waals surface area contributed by atoms with Crippen LogP contribution in [0.4, 0.5) is 0 Å². The summed E-state index contributed by atoms with van der Waals surface area (Å²) in [6.07, 6.45) is 4.28. The van der Waals surface area contributed by atoms with Crippen molar-refractivity contribution in [2.24, 2.45) is 0 Å². The fourth-order valence-electron chi connectivity index (χ4n) is 2.84. The molecule has 0 amide bonds. The predicted octanol–water partition coefficient (Wildman–Crippen LogP) is 0.653. The molecule has 0 bridgehead atoms. The van der Waals surface area contributed by atoms with Crippen molar-refractivity contribution in [3.8, 4) is 5.88 Å². The second-order valence-corrected chi connectivity index (χ2v) is 7.43. The van der Waals surface area contributed by atoms with Gasteiger partial charge in [-0.1, -0.05) is 6.07 Å². The van der Waals surface area contributed by atoms with Crippen LogP contribution >= 0.6 is 0 Å². The van der Waals surface area contributed by atoms with Crippen LogP contribution in [0.2, 0.25) is 0 Å². The first-order valence-corrected chi connectivity index (χ1v) is 8.49. The molecule has 0 N–H and O–H groups in total. The summed E-state index contributed by atoms with van der Waals surface area (Å²) in [5.41, 5.74) is -0.386. The van der Waals surface area contributed by atoms with Gasteiger partial charge in [-0.2, -0.15) is 4.31 Å². The molecule has 2 fully saturated rings. The Morgan fingerprint density at radius 1 is 1.50 bits per heavy atom. The van der Waals surface area contributed by atoms with Crippen molar-refractivity contribution in [1.82, 2.24) is 9.29 Å². The zero-order valence-electron chi connectivity index (χ0n) is 11.4. The van der Waals surface area contributed by atoms with Crippen LogP contribution in [-0.4, -0.2) is 55.4 Å². The third-order valence-corrected chi connectivity index (χ3v) is 5.10. The molecule has 0 aromatic carbocycles. The van der Waals surface area contributed by atoms with Gasteiger partial charge >= 0.3 is 0 Å². The van der Waals surface area contributed by atoms with E-state index in [0.717, 1.165) is 6.42 Å². The van der Waals surface area contributed by atoms with E-state index in [0.29, 0.717) is 32.0 Å². The van der Waals surface area contributed by atoms with Gasteiger partial charge in [0.25, 0.3) is 0 Å². The highest BCUT2D eigenvalue weighted by Gasteiger charge is 2.48. The molecule has 2 aliphatic heterocycles. The van der Waals surface area contributed by atoms with E-state index in [4.69, 9.17) is 9.47 Å². The van der Waals surface area contributed by atoms with Gasteiger partial charge in [0.2, 0.25) is 15.9 Å². The Kier molecular flexibility index (Phi) is 3.43. The van der Waals surface area contributed by atoms with E-state index in [9.17, 15) is 8.42 Å². The van der Waals surface area contributed by atoms with Crippen LogP contribution in [0.1, 0.15) is 12.8 Å². The number of hydrogen-bond acceptors (Lipinski definition) is 5. The van der Waals surface area contributed by atoms with Gasteiger partial charge in [0.15, 0.2) is 0 Å². The summed E-state index contributed by atoms with van der Waals surface area (Å²) in [5, 5.41) is 0. The fourth-order valence-corrected chi connectivity index (χ4v) is 3.73. The third-order valence-electron chi connectivity index (χ3n) is 3.85. The quantitative estimate of drug-likeness (QED) is 0.819. The smallest absolute Gasteiger partial charge is 0.213 e. The Morgan fingerprint density at radius 3 is 3.00 bits per heavy atom. The Morgan fingerprint density at radius 2 is 2.35 bits per heavy atom. The van der Waals surface area contributed by atoms with Crippen molar-refractivity contribution >= 4 is 10.0 Å². The summed E-state index contributed by atoms with van der Waals surface area (Å²) in [7, 11) is -3.14. The van der Waals surface area contributed by atoms with Crippen LogP contribution in [-0.2, 0) is 14.8 Å². The van der Waals surface area contributed by atoms with Crippen LogP contribution < -0.4 is 4.74 Å². The van der Waals surface area contributed by atoms with Crippen molar-refractivity contribution in [3.63, 3.8) is 0 Å². The summed E-state index contributed by atoms with van der Waals surface area (Å²) >= 11 is 0. The van der Waals surface area contributed by atoms with Crippen LogP contribution in [0.3, 0.4) is 0 Å². The zero-order valence-corrected chi connectivity index (χ0v) is 12.2. The van der Waals surface area contributed by atoms with Gasteiger partial charge in [0.05, 0.1) is 18.5 Å². The maximum Gasteiger partial charge on any atom is 0.213 e. The molecule has 6 nitrogen and oxygen atoms in total. The molecule has 2 atom stereocenters. The largest absolute Gasteiger partial charge is 0.472 e. The van der Waals surface area contributed by atoms with Gasteiger partial charge in [0, 0.05) is 31.8 Å². The highest BCUT2D eigenvalue weighted by Crippen LogP contribution is 2.37. The second-order valence-electron chi connectivity index (χ2n) is 5.45. The van der Waals surface area contributed by atoms with E-state index in [1.165, 1.54) is 10.6 Å². The van der Waals surface area contributed by atoms with E-state index in [1.807, 2.05) is 18.2 Å². The van der Waals surface area contributed by atoms with Crippen molar-refractivity contribution < 1.29 is 17.9 Å². The van der Waals surface area contributed by atoms with Crippen LogP contribution in [0.15, 0.2) is 24.4 Å². The second kappa shape index (κ2) is 4.98. The lowest BCUT2D eigenvalue weighted by atomic mass is 9.98. The summed E-state index contributed by atoms with van der Waals surface area (Å²) in [6.45, 7) is 1.43. The van der Waals surface area contributed by atoms with E-state index in [2.05, 4.69) is 4.98 Å². The number of pyridine rings is 1. The number of rotatable bonds is 3.